The summed E-state index contributed by atoms with van der Waals surface area (Å²) in [7, 11) is 1.29. The van der Waals surface area contributed by atoms with Crippen LogP contribution in [0.25, 0.3) is 17.1 Å². The van der Waals surface area contributed by atoms with Crippen molar-refractivity contribution in [3.63, 3.8) is 0 Å². The van der Waals surface area contributed by atoms with E-state index < -0.39 is 11.9 Å². The highest BCUT2D eigenvalue weighted by molar-refractivity contribution is 7.99. The van der Waals surface area contributed by atoms with Crippen molar-refractivity contribution in [3.8, 4) is 17.1 Å². The van der Waals surface area contributed by atoms with E-state index in [0.717, 1.165) is 11.3 Å². The number of rotatable bonds is 8. The highest BCUT2D eigenvalue weighted by Gasteiger charge is 2.19. The summed E-state index contributed by atoms with van der Waals surface area (Å²) < 4.78 is 17.4. The predicted molar refractivity (Wildman–Crippen MR) is 122 cm³/mol. The van der Waals surface area contributed by atoms with Crippen LogP contribution < -0.4 is 0 Å². The number of benzene rings is 2. The Labute approximate surface area is 194 Å². The Morgan fingerprint density at radius 1 is 1.03 bits per heavy atom. The molecule has 0 N–H and O–H groups in total. The highest BCUT2D eigenvalue weighted by Crippen LogP contribution is 2.28. The number of nitrogens with zero attached hydrogens (tertiary/aromatic N) is 3. The van der Waals surface area contributed by atoms with Gasteiger partial charge in [-0.2, -0.15) is 0 Å². The molecule has 2 aromatic heterocycles. The third-order valence-electron chi connectivity index (χ3n) is 4.75. The summed E-state index contributed by atoms with van der Waals surface area (Å²) in [6.07, 6.45) is 0. The van der Waals surface area contributed by atoms with E-state index in [1.165, 1.54) is 24.9 Å². The average molecular weight is 464 g/mol. The molecule has 0 saturated heterocycles. The molecule has 9 heteroatoms. The lowest BCUT2D eigenvalue weighted by Crippen LogP contribution is -2.08. The van der Waals surface area contributed by atoms with Crippen LogP contribution in [-0.2, 0) is 20.9 Å². The molecule has 0 unspecified atom stereocenters. The molecule has 33 heavy (non-hydrogen) atoms. The van der Waals surface area contributed by atoms with Gasteiger partial charge in [-0.05, 0) is 25.1 Å². The molecule has 168 valence electrons. The van der Waals surface area contributed by atoms with Gasteiger partial charge in [-0.3, -0.25) is 9.36 Å². The van der Waals surface area contributed by atoms with E-state index in [1.807, 2.05) is 65.2 Å². The molecule has 0 atom stereocenters. The Kier molecular flexibility index (Phi) is 6.89. The molecule has 0 bridgehead atoms. The van der Waals surface area contributed by atoms with Crippen LogP contribution in [0.2, 0.25) is 0 Å². The minimum Gasteiger partial charge on any atom is -0.465 e. The maximum atomic E-state index is 12.4. The van der Waals surface area contributed by atoms with E-state index in [4.69, 9.17) is 13.9 Å². The minimum absolute atomic E-state index is 0.0311. The molecule has 0 radical (unpaired) electrons. The number of aryl methyl sites for hydroxylation is 1. The monoisotopic (exact) mass is 463 g/mol. The molecule has 0 spiro atoms. The lowest BCUT2D eigenvalue weighted by Gasteiger charge is -2.10. The van der Waals surface area contributed by atoms with Gasteiger partial charge < -0.3 is 13.9 Å². The number of hydrogen-bond acceptors (Lipinski definition) is 8. The van der Waals surface area contributed by atoms with Crippen molar-refractivity contribution in [3.05, 3.63) is 83.8 Å². The third-order valence-corrected chi connectivity index (χ3v) is 5.65. The summed E-state index contributed by atoms with van der Waals surface area (Å²) >= 11 is 1.23. The molecule has 0 aliphatic rings. The topological polar surface area (TPSA) is 96.5 Å². The smallest absolute Gasteiger partial charge is 0.341 e. The average Bonchev–Trinajstić information content (AvgIpc) is 3.45. The minimum atomic E-state index is -0.501. The summed E-state index contributed by atoms with van der Waals surface area (Å²) in [4.78, 5) is 24.1. The van der Waals surface area contributed by atoms with Crippen LogP contribution >= 0.6 is 11.8 Å². The number of thioether (sulfide) groups is 1. The van der Waals surface area contributed by atoms with Crippen molar-refractivity contribution in [2.24, 2.45) is 0 Å². The lowest BCUT2D eigenvalue weighted by atomic mass is 10.2. The molecular formula is C24H21N3O5S. The van der Waals surface area contributed by atoms with Gasteiger partial charge in [0.05, 0.1) is 12.9 Å². The molecule has 4 aromatic rings. The van der Waals surface area contributed by atoms with Crippen LogP contribution in [-0.4, -0.2) is 39.6 Å². The number of carbonyl (C=O) groups excluding carboxylic acids is 2. The molecule has 0 amide bonds. The molecule has 0 aliphatic carbocycles. The third kappa shape index (κ3) is 5.15. The van der Waals surface area contributed by atoms with Crippen molar-refractivity contribution in [1.82, 2.24) is 14.8 Å². The Bertz CT molecular complexity index is 1250. The first-order valence-corrected chi connectivity index (χ1v) is 11.1. The first-order valence-electron chi connectivity index (χ1n) is 10.1. The number of methoxy groups -OCH3 is 1. The van der Waals surface area contributed by atoms with Gasteiger partial charge in [0, 0.05) is 11.3 Å². The van der Waals surface area contributed by atoms with Crippen LogP contribution in [0.15, 0.2) is 76.3 Å². The summed E-state index contributed by atoms with van der Waals surface area (Å²) in [5, 5.41) is 9.22. The number of hydrogen-bond donors (Lipinski definition) is 0. The predicted octanol–water partition coefficient (Wildman–Crippen LogP) is 4.46. The number of aromatic nitrogens is 3. The van der Waals surface area contributed by atoms with Crippen molar-refractivity contribution in [1.29, 1.82) is 0 Å². The molecule has 2 heterocycles. The zero-order chi connectivity index (χ0) is 23.2. The fourth-order valence-electron chi connectivity index (χ4n) is 3.19. The van der Waals surface area contributed by atoms with E-state index in [9.17, 15) is 9.59 Å². The van der Waals surface area contributed by atoms with Gasteiger partial charge in [0.2, 0.25) is 0 Å². The van der Waals surface area contributed by atoms with E-state index in [2.05, 4.69) is 10.2 Å². The van der Waals surface area contributed by atoms with Gasteiger partial charge in [0.15, 0.2) is 11.0 Å². The van der Waals surface area contributed by atoms with Crippen molar-refractivity contribution in [2.75, 3.05) is 12.9 Å². The van der Waals surface area contributed by atoms with Crippen LogP contribution in [0.5, 0.6) is 0 Å². The maximum Gasteiger partial charge on any atom is 0.341 e. The molecule has 0 fully saturated rings. The van der Waals surface area contributed by atoms with Crippen LogP contribution in [0.1, 0.15) is 21.9 Å². The second kappa shape index (κ2) is 10.2. The van der Waals surface area contributed by atoms with E-state index in [-0.39, 0.29) is 12.4 Å². The van der Waals surface area contributed by atoms with Crippen molar-refractivity contribution < 1.29 is 23.5 Å². The molecule has 2 aromatic carbocycles. The lowest BCUT2D eigenvalue weighted by molar-refractivity contribution is -0.142. The van der Waals surface area contributed by atoms with E-state index in [0.29, 0.717) is 28.1 Å². The van der Waals surface area contributed by atoms with Gasteiger partial charge in [0.25, 0.3) is 0 Å². The van der Waals surface area contributed by atoms with Crippen molar-refractivity contribution in [2.45, 2.75) is 18.7 Å². The Hall–Kier alpha value is -3.85. The molecule has 4 rings (SSSR count). The van der Waals surface area contributed by atoms with E-state index >= 15 is 0 Å². The molecular weight excluding hydrogens is 442 g/mol. The number of furan rings is 1. The van der Waals surface area contributed by atoms with Gasteiger partial charge in [-0.25, -0.2) is 4.79 Å². The normalized spacial score (nSPS) is 10.7. The van der Waals surface area contributed by atoms with Crippen molar-refractivity contribution >= 4 is 23.7 Å². The van der Waals surface area contributed by atoms with Crippen LogP contribution in [0.3, 0.4) is 0 Å². The quantitative estimate of drug-likeness (QED) is 0.279. The SMILES string of the molecule is COC(=O)c1cc(COC(=O)CSc2nnc(-c3ccccc3)n2-c2ccccc2)oc1C. The Balaban J connectivity index is 1.46. The van der Waals surface area contributed by atoms with Gasteiger partial charge >= 0.3 is 11.9 Å². The molecule has 0 aliphatic heterocycles. The standard InChI is InChI=1S/C24H21N3O5S/c1-16-20(23(29)30-2)13-19(32-16)14-31-21(28)15-33-24-26-25-22(17-9-5-3-6-10-17)27(24)18-11-7-4-8-12-18/h3-13H,14-15H2,1-2H3. The summed E-state index contributed by atoms with van der Waals surface area (Å²) in [5.74, 6) is 0.538. The van der Waals surface area contributed by atoms with Gasteiger partial charge in [-0.1, -0.05) is 60.3 Å². The Morgan fingerprint density at radius 3 is 2.42 bits per heavy atom. The Morgan fingerprint density at radius 2 is 1.73 bits per heavy atom. The number of para-hydroxylation sites is 1. The van der Waals surface area contributed by atoms with Gasteiger partial charge in [0.1, 0.15) is 23.7 Å². The van der Waals surface area contributed by atoms with E-state index in [1.54, 1.807) is 6.92 Å². The zero-order valence-electron chi connectivity index (χ0n) is 18.1. The zero-order valence-corrected chi connectivity index (χ0v) is 18.9. The first kappa shape index (κ1) is 22.3. The number of ether oxygens (including phenoxy) is 2. The number of esters is 2. The molecule has 8 nitrogen and oxygen atoms in total. The highest BCUT2D eigenvalue weighted by atomic mass is 32.2. The summed E-state index contributed by atoms with van der Waals surface area (Å²) in [5.41, 5.74) is 2.11. The summed E-state index contributed by atoms with van der Waals surface area (Å²) in [6, 6.07) is 20.9. The van der Waals surface area contributed by atoms with Crippen LogP contribution in [0, 0.1) is 6.92 Å². The molecule has 0 saturated carbocycles. The largest absolute Gasteiger partial charge is 0.465 e. The number of carbonyl (C=O) groups is 2. The maximum absolute atomic E-state index is 12.4. The summed E-state index contributed by atoms with van der Waals surface area (Å²) in [6.45, 7) is 1.56. The first-order chi connectivity index (χ1) is 16.1. The fraction of sp³-hybridized carbons (Fsp3) is 0.167. The second-order valence-electron chi connectivity index (χ2n) is 6.97. The second-order valence-corrected chi connectivity index (χ2v) is 7.91. The fourth-order valence-corrected chi connectivity index (χ4v) is 3.94. The van der Waals surface area contributed by atoms with Gasteiger partial charge in [-0.15, -0.1) is 10.2 Å². The van der Waals surface area contributed by atoms with Crippen LogP contribution in [0.4, 0.5) is 0 Å².